The first-order valence-electron chi connectivity index (χ1n) is 7.07. The predicted octanol–water partition coefficient (Wildman–Crippen LogP) is 3.17. The number of hydrogen-bond donors (Lipinski definition) is 1. The van der Waals surface area contributed by atoms with Gasteiger partial charge in [0.25, 0.3) is 10.0 Å². The molecule has 1 N–H and O–H groups in total. The molecule has 2 rings (SSSR count). The minimum absolute atomic E-state index is 0.132. The maximum absolute atomic E-state index is 12.1. The number of nitrogens with one attached hydrogen (secondary N) is 1. The van der Waals surface area contributed by atoms with E-state index in [0.29, 0.717) is 23.7 Å². The normalized spacial score (nSPS) is 11.5. The third-order valence-electron chi connectivity index (χ3n) is 3.00. The van der Waals surface area contributed by atoms with Gasteiger partial charge in [-0.15, -0.1) is 0 Å². The zero-order valence-corrected chi connectivity index (χ0v) is 15.6. The van der Waals surface area contributed by atoms with Crippen LogP contribution in [0.2, 0.25) is 0 Å². The van der Waals surface area contributed by atoms with Crippen LogP contribution in [0.15, 0.2) is 56.9 Å². The van der Waals surface area contributed by atoms with Crippen molar-refractivity contribution < 1.29 is 17.9 Å². The molecular weight excluding hydrogens is 396 g/mol. The second-order valence-electron chi connectivity index (χ2n) is 4.65. The molecule has 0 amide bonds. The molecule has 0 atom stereocenters. The first kappa shape index (κ1) is 18.3. The SMILES string of the molecule is CCOc1ccc(/C=N/NS(=O)(=O)c2ccc(Br)cc2)cc1OC. The Morgan fingerprint density at radius 3 is 2.50 bits per heavy atom. The van der Waals surface area contributed by atoms with Crippen molar-refractivity contribution in [1.29, 1.82) is 0 Å². The van der Waals surface area contributed by atoms with E-state index in [9.17, 15) is 8.42 Å². The average molecular weight is 413 g/mol. The molecule has 0 saturated heterocycles. The fourth-order valence-corrected chi connectivity index (χ4v) is 2.93. The fourth-order valence-electron chi connectivity index (χ4n) is 1.88. The Labute approximate surface area is 149 Å². The number of halogens is 1. The predicted molar refractivity (Wildman–Crippen MR) is 96.2 cm³/mol. The van der Waals surface area contributed by atoms with Gasteiger partial charge in [-0.1, -0.05) is 15.9 Å². The number of hydrogen-bond acceptors (Lipinski definition) is 5. The van der Waals surface area contributed by atoms with Gasteiger partial charge in [0.05, 0.1) is 24.8 Å². The van der Waals surface area contributed by atoms with Gasteiger partial charge in [-0.25, -0.2) is 4.83 Å². The topological polar surface area (TPSA) is 77.0 Å². The number of sulfonamides is 1. The lowest BCUT2D eigenvalue weighted by molar-refractivity contribution is 0.311. The van der Waals surface area contributed by atoms with E-state index in [2.05, 4.69) is 25.9 Å². The highest BCUT2D eigenvalue weighted by molar-refractivity contribution is 9.10. The van der Waals surface area contributed by atoms with E-state index < -0.39 is 10.0 Å². The third-order valence-corrected chi connectivity index (χ3v) is 4.77. The van der Waals surface area contributed by atoms with Gasteiger partial charge < -0.3 is 9.47 Å². The summed E-state index contributed by atoms with van der Waals surface area (Å²) in [4.78, 5) is 2.31. The summed E-state index contributed by atoms with van der Waals surface area (Å²) in [5, 5.41) is 3.79. The van der Waals surface area contributed by atoms with Gasteiger partial charge in [-0.2, -0.15) is 13.5 Å². The highest BCUT2D eigenvalue weighted by Crippen LogP contribution is 2.27. The van der Waals surface area contributed by atoms with Crippen molar-refractivity contribution >= 4 is 32.2 Å². The van der Waals surface area contributed by atoms with Crippen LogP contribution in [0.25, 0.3) is 0 Å². The van der Waals surface area contributed by atoms with Gasteiger partial charge in [-0.05, 0) is 55.0 Å². The van der Waals surface area contributed by atoms with Gasteiger partial charge in [0.1, 0.15) is 0 Å². The van der Waals surface area contributed by atoms with Crippen molar-refractivity contribution in [3.8, 4) is 11.5 Å². The summed E-state index contributed by atoms with van der Waals surface area (Å²) in [5.41, 5.74) is 0.675. The van der Waals surface area contributed by atoms with Crippen LogP contribution in [-0.2, 0) is 10.0 Å². The third kappa shape index (κ3) is 4.72. The highest BCUT2D eigenvalue weighted by atomic mass is 79.9. The number of methoxy groups -OCH3 is 1. The molecule has 0 saturated carbocycles. The van der Waals surface area contributed by atoms with E-state index in [0.717, 1.165) is 4.47 Å². The smallest absolute Gasteiger partial charge is 0.276 e. The molecule has 0 aliphatic heterocycles. The number of hydrazone groups is 1. The minimum atomic E-state index is -3.70. The lowest BCUT2D eigenvalue weighted by atomic mass is 10.2. The van der Waals surface area contributed by atoms with Crippen LogP contribution in [0, 0.1) is 0 Å². The van der Waals surface area contributed by atoms with E-state index in [1.165, 1.54) is 25.5 Å². The molecule has 24 heavy (non-hydrogen) atoms. The summed E-state index contributed by atoms with van der Waals surface area (Å²) in [7, 11) is -2.17. The van der Waals surface area contributed by atoms with E-state index >= 15 is 0 Å². The molecule has 0 unspecified atom stereocenters. The van der Waals surface area contributed by atoms with Gasteiger partial charge in [0.2, 0.25) is 0 Å². The first-order valence-corrected chi connectivity index (χ1v) is 9.35. The van der Waals surface area contributed by atoms with Crippen LogP contribution < -0.4 is 14.3 Å². The number of ether oxygens (including phenoxy) is 2. The molecule has 0 aromatic heterocycles. The molecule has 0 bridgehead atoms. The Kier molecular flexibility index (Phi) is 6.22. The van der Waals surface area contributed by atoms with Crippen molar-refractivity contribution in [1.82, 2.24) is 4.83 Å². The summed E-state index contributed by atoms with van der Waals surface area (Å²) in [6, 6.07) is 11.5. The Hall–Kier alpha value is -2.06. The molecule has 0 aliphatic rings. The summed E-state index contributed by atoms with van der Waals surface area (Å²) in [6.45, 7) is 2.41. The Morgan fingerprint density at radius 1 is 1.17 bits per heavy atom. The number of nitrogens with zero attached hydrogens (tertiary/aromatic N) is 1. The second kappa shape index (κ2) is 8.16. The van der Waals surface area contributed by atoms with Crippen LogP contribution in [0.4, 0.5) is 0 Å². The van der Waals surface area contributed by atoms with Crippen molar-refractivity contribution in [2.45, 2.75) is 11.8 Å². The van der Waals surface area contributed by atoms with E-state index in [-0.39, 0.29) is 4.90 Å². The molecule has 0 fully saturated rings. The zero-order valence-electron chi connectivity index (χ0n) is 13.2. The van der Waals surface area contributed by atoms with Crippen LogP contribution in [0.3, 0.4) is 0 Å². The second-order valence-corrected chi connectivity index (χ2v) is 7.23. The first-order chi connectivity index (χ1) is 11.5. The molecular formula is C16H17BrN2O4S. The largest absolute Gasteiger partial charge is 0.493 e. The Morgan fingerprint density at radius 2 is 1.88 bits per heavy atom. The number of rotatable bonds is 7. The lowest BCUT2D eigenvalue weighted by Crippen LogP contribution is -2.18. The lowest BCUT2D eigenvalue weighted by Gasteiger charge is -2.09. The molecule has 8 heteroatoms. The van der Waals surface area contributed by atoms with Crippen LogP contribution in [0.5, 0.6) is 11.5 Å². The molecule has 2 aromatic rings. The van der Waals surface area contributed by atoms with Gasteiger partial charge in [0, 0.05) is 4.47 Å². The average Bonchev–Trinajstić information content (AvgIpc) is 2.56. The molecule has 2 aromatic carbocycles. The zero-order chi connectivity index (χ0) is 17.6. The quantitative estimate of drug-likeness (QED) is 0.559. The molecule has 128 valence electrons. The monoisotopic (exact) mass is 412 g/mol. The van der Waals surface area contributed by atoms with Crippen LogP contribution in [-0.4, -0.2) is 28.3 Å². The summed E-state index contributed by atoms with van der Waals surface area (Å²) >= 11 is 3.26. The van der Waals surface area contributed by atoms with Crippen molar-refractivity contribution in [2.24, 2.45) is 5.10 Å². The van der Waals surface area contributed by atoms with E-state index in [1.807, 2.05) is 6.92 Å². The van der Waals surface area contributed by atoms with Crippen molar-refractivity contribution in [2.75, 3.05) is 13.7 Å². The van der Waals surface area contributed by atoms with Gasteiger partial charge in [-0.3, -0.25) is 0 Å². The molecule has 0 heterocycles. The minimum Gasteiger partial charge on any atom is -0.493 e. The van der Waals surface area contributed by atoms with Crippen molar-refractivity contribution in [3.63, 3.8) is 0 Å². The summed E-state index contributed by atoms with van der Waals surface area (Å²) in [5.74, 6) is 1.17. The molecule has 0 radical (unpaired) electrons. The number of benzene rings is 2. The summed E-state index contributed by atoms with van der Waals surface area (Å²) < 4.78 is 35.7. The van der Waals surface area contributed by atoms with Crippen LogP contribution in [0.1, 0.15) is 12.5 Å². The van der Waals surface area contributed by atoms with Crippen LogP contribution >= 0.6 is 15.9 Å². The van der Waals surface area contributed by atoms with Crippen molar-refractivity contribution in [3.05, 3.63) is 52.5 Å². The van der Waals surface area contributed by atoms with Gasteiger partial charge in [0.15, 0.2) is 11.5 Å². The maximum Gasteiger partial charge on any atom is 0.276 e. The standard InChI is InChI=1S/C16H17BrN2O4S/c1-3-23-15-9-4-12(10-16(15)22-2)11-18-19-24(20,21)14-7-5-13(17)6-8-14/h4-11,19H,3H2,1-2H3/b18-11+. The Balaban J connectivity index is 2.12. The van der Waals surface area contributed by atoms with E-state index in [1.54, 1.807) is 30.3 Å². The maximum atomic E-state index is 12.1. The van der Waals surface area contributed by atoms with Gasteiger partial charge >= 0.3 is 0 Å². The van der Waals surface area contributed by atoms with E-state index in [4.69, 9.17) is 9.47 Å². The molecule has 0 spiro atoms. The Bertz CT molecular complexity index is 820. The molecule has 0 aliphatic carbocycles. The molecule has 6 nitrogen and oxygen atoms in total. The fraction of sp³-hybridized carbons (Fsp3) is 0.188. The summed E-state index contributed by atoms with van der Waals surface area (Å²) in [6.07, 6.45) is 1.40. The highest BCUT2D eigenvalue weighted by Gasteiger charge is 2.12.